The number of carboxylic acids is 1. The zero-order chi connectivity index (χ0) is 22.8. The smallest absolute Gasteiger partial charge is 0.300 e. The van der Waals surface area contributed by atoms with Gasteiger partial charge in [0.15, 0.2) is 4.96 Å². The highest BCUT2D eigenvalue weighted by Gasteiger charge is 2.12. The quantitative estimate of drug-likeness (QED) is 0.328. The minimum Gasteiger partial charge on any atom is -0.481 e. The summed E-state index contributed by atoms with van der Waals surface area (Å²) in [7, 11) is 0. The Morgan fingerprint density at radius 1 is 1.16 bits per heavy atom. The number of fused-ring (bicyclic) bond motifs is 3. The average Bonchev–Trinajstić information content (AvgIpc) is 3.44. The van der Waals surface area contributed by atoms with E-state index >= 15 is 0 Å². The molecule has 0 spiro atoms. The number of carboxylic acid groups (broad SMARTS) is 1. The number of carbonyl (C=O) groups is 1. The minimum atomic E-state index is -0.833. The number of aromatic nitrogens is 2. The van der Waals surface area contributed by atoms with Crippen LogP contribution in [0.25, 0.3) is 33.4 Å². The minimum absolute atomic E-state index is 0.0206. The highest BCUT2D eigenvalue weighted by atomic mass is 32.1. The molecule has 0 bridgehead atoms. The van der Waals surface area contributed by atoms with E-state index in [9.17, 15) is 14.9 Å². The van der Waals surface area contributed by atoms with E-state index < -0.39 is 10.9 Å². The number of non-ortho nitro benzene ring substituents is 1. The standard InChI is InChI=1S/C20H11N3O4S.C2H4O2/c24-19-18(28-20-21-15-3-1-2-4-16(15)22(19)20)11-14-9-10-17(27-14)12-5-7-13(8-6-12)23(25)26;1-2(3)4/h1-11H;1H3,(H,3,4)/b18-11-;. The fourth-order valence-electron chi connectivity index (χ4n) is 3.07. The van der Waals surface area contributed by atoms with Gasteiger partial charge in [-0.25, -0.2) is 9.38 Å². The molecule has 32 heavy (non-hydrogen) atoms. The molecule has 3 aromatic heterocycles. The molecule has 10 heteroatoms. The summed E-state index contributed by atoms with van der Waals surface area (Å²) < 4.78 is 7.93. The third-order valence-corrected chi connectivity index (χ3v) is 5.38. The lowest BCUT2D eigenvalue weighted by atomic mass is 10.1. The lowest BCUT2D eigenvalue weighted by molar-refractivity contribution is -0.384. The normalized spacial score (nSPS) is 11.5. The van der Waals surface area contributed by atoms with Crippen molar-refractivity contribution >= 4 is 45.1 Å². The molecule has 2 aromatic carbocycles. The first kappa shape index (κ1) is 20.9. The number of aliphatic carboxylic acids is 1. The van der Waals surface area contributed by atoms with Crippen molar-refractivity contribution in [1.29, 1.82) is 0 Å². The molecule has 0 saturated carbocycles. The lowest BCUT2D eigenvalue weighted by Gasteiger charge is -1.96. The fourth-order valence-corrected chi connectivity index (χ4v) is 4.04. The molecule has 0 fully saturated rings. The van der Waals surface area contributed by atoms with Crippen LogP contribution in [0.4, 0.5) is 5.69 Å². The predicted molar refractivity (Wildman–Crippen MR) is 120 cm³/mol. The van der Waals surface area contributed by atoms with Gasteiger partial charge >= 0.3 is 0 Å². The van der Waals surface area contributed by atoms with Crippen molar-refractivity contribution in [2.24, 2.45) is 0 Å². The summed E-state index contributed by atoms with van der Waals surface area (Å²) in [4.78, 5) is 37.2. The first-order valence-electron chi connectivity index (χ1n) is 9.29. The molecule has 5 aromatic rings. The predicted octanol–water partition coefficient (Wildman–Crippen LogP) is 3.72. The molecule has 0 saturated heterocycles. The SMILES string of the molecule is CC(=O)O.O=c1/c(=C/c2ccc(-c3ccc([N+](=O)[O-])cc3)o2)sc2nc3ccccc3n12. The number of benzene rings is 2. The van der Waals surface area contributed by atoms with Crippen LogP contribution in [0.2, 0.25) is 0 Å². The van der Waals surface area contributed by atoms with Crippen molar-refractivity contribution in [2.45, 2.75) is 6.92 Å². The maximum atomic E-state index is 12.8. The van der Waals surface area contributed by atoms with Crippen LogP contribution in [-0.4, -0.2) is 25.4 Å². The molecule has 0 aliphatic carbocycles. The summed E-state index contributed by atoms with van der Waals surface area (Å²) in [5.41, 5.74) is 2.18. The topological polar surface area (TPSA) is 128 Å². The van der Waals surface area contributed by atoms with Crippen molar-refractivity contribution in [3.8, 4) is 11.3 Å². The van der Waals surface area contributed by atoms with Crippen molar-refractivity contribution in [3.63, 3.8) is 0 Å². The molecule has 0 amide bonds. The van der Waals surface area contributed by atoms with Crippen LogP contribution in [0.5, 0.6) is 0 Å². The van der Waals surface area contributed by atoms with Gasteiger partial charge in [-0.15, -0.1) is 0 Å². The van der Waals surface area contributed by atoms with Crippen LogP contribution >= 0.6 is 11.3 Å². The zero-order valence-corrected chi connectivity index (χ0v) is 17.4. The Morgan fingerprint density at radius 3 is 2.53 bits per heavy atom. The maximum absolute atomic E-state index is 12.8. The first-order chi connectivity index (χ1) is 15.3. The molecule has 0 unspecified atom stereocenters. The molecular formula is C22H15N3O6S. The first-order valence-corrected chi connectivity index (χ1v) is 10.1. The average molecular weight is 449 g/mol. The maximum Gasteiger partial charge on any atom is 0.300 e. The van der Waals surface area contributed by atoms with Gasteiger partial charge in [0.25, 0.3) is 17.2 Å². The van der Waals surface area contributed by atoms with E-state index in [2.05, 4.69) is 4.98 Å². The van der Waals surface area contributed by atoms with Crippen molar-refractivity contribution in [3.05, 3.63) is 91.4 Å². The summed E-state index contributed by atoms with van der Waals surface area (Å²) in [6.45, 7) is 1.08. The van der Waals surface area contributed by atoms with E-state index in [0.717, 1.165) is 23.5 Å². The second kappa shape index (κ2) is 8.44. The molecule has 1 N–H and O–H groups in total. The Morgan fingerprint density at radius 2 is 1.84 bits per heavy atom. The van der Waals surface area contributed by atoms with E-state index in [1.54, 1.807) is 34.7 Å². The number of hydrogen-bond acceptors (Lipinski definition) is 7. The number of thiazole rings is 1. The van der Waals surface area contributed by atoms with Gasteiger partial charge in [0, 0.05) is 30.7 Å². The summed E-state index contributed by atoms with van der Waals surface area (Å²) in [6, 6.07) is 17.2. The number of imidazole rings is 1. The Balaban J connectivity index is 0.000000567. The third-order valence-electron chi connectivity index (χ3n) is 4.41. The molecule has 9 nitrogen and oxygen atoms in total. The van der Waals surface area contributed by atoms with Crippen LogP contribution in [0.15, 0.2) is 69.9 Å². The zero-order valence-electron chi connectivity index (χ0n) is 16.6. The van der Waals surface area contributed by atoms with E-state index in [0.29, 0.717) is 21.0 Å². The summed E-state index contributed by atoms with van der Waals surface area (Å²) >= 11 is 1.30. The number of nitro benzene ring substituents is 1. The number of hydrogen-bond donors (Lipinski definition) is 1. The molecule has 5 rings (SSSR count). The molecule has 0 aliphatic heterocycles. The lowest BCUT2D eigenvalue weighted by Crippen LogP contribution is -2.22. The van der Waals surface area contributed by atoms with E-state index in [1.165, 1.54) is 23.5 Å². The molecule has 3 heterocycles. The van der Waals surface area contributed by atoms with Crippen LogP contribution < -0.4 is 10.1 Å². The van der Waals surface area contributed by atoms with Crippen LogP contribution in [0.3, 0.4) is 0 Å². The van der Waals surface area contributed by atoms with Gasteiger partial charge in [-0.1, -0.05) is 23.5 Å². The number of para-hydroxylation sites is 2. The number of furan rings is 1. The summed E-state index contributed by atoms with van der Waals surface area (Å²) in [5.74, 6) is 0.264. The Hall–Kier alpha value is -4.31. The van der Waals surface area contributed by atoms with Gasteiger partial charge in [0.05, 0.1) is 16.0 Å². The van der Waals surface area contributed by atoms with Crippen LogP contribution in [0.1, 0.15) is 12.7 Å². The molecule has 0 aliphatic rings. The van der Waals surface area contributed by atoms with Gasteiger partial charge in [0.2, 0.25) is 0 Å². The van der Waals surface area contributed by atoms with E-state index in [4.69, 9.17) is 14.3 Å². The third kappa shape index (κ3) is 4.12. The Labute approximate surface area is 183 Å². The van der Waals surface area contributed by atoms with Crippen molar-refractivity contribution < 1.29 is 19.2 Å². The van der Waals surface area contributed by atoms with Gasteiger partial charge < -0.3 is 9.52 Å². The Kier molecular flexibility index (Phi) is 5.52. The summed E-state index contributed by atoms with van der Waals surface area (Å²) in [5, 5.41) is 18.2. The van der Waals surface area contributed by atoms with Gasteiger partial charge in [-0.05, 0) is 36.4 Å². The second-order valence-corrected chi connectivity index (χ2v) is 7.67. The monoisotopic (exact) mass is 449 g/mol. The molecule has 0 atom stereocenters. The summed E-state index contributed by atoms with van der Waals surface area (Å²) in [6.07, 6.45) is 1.69. The molecule has 160 valence electrons. The van der Waals surface area contributed by atoms with Gasteiger partial charge in [-0.3, -0.25) is 19.7 Å². The fraction of sp³-hybridized carbons (Fsp3) is 0.0455. The van der Waals surface area contributed by atoms with Gasteiger partial charge in [0.1, 0.15) is 16.1 Å². The second-order valence-electron chi connectivity index (χ2n) is 6.66. The molecule has 0 radical (unpaired) electrons. The molecular weight excluding hydrogens is 434 g/mol. The van der Waals surface area contributed by atoms with Crippen molar-refractivity contribution in [1.82, 2.24) is 9.38 Å². The van der Waals surface area contributed by atoms with Crippen LogP contribution in [-0.2, 0) is 4.79 Å². The highest BCUT2D eigenvalue weighted by Crippen LogP contribution is 2.25. The van der Waals surface area contributed by atoms with E-state index in [-0.39, 0.29) is 11.2 Å². The van der Waals surface area contributed by atoms with E-state index in [1.807, 2.05) is 24.3 Å². The van der Waals surface area contributed by atoms with Gasteiger partial charge in [-0.2, -0.15) is 0 Å². The van der Waals surface area contributed by atoms with Crippen LogP contribution in [0, 0.1) is 10.1 Å². The van der Waals surface area contributed by atoms with Crippen molar-refractivity contribution in [2.75, 3.05) is 0 Å². The number of nitro groups is 1. The largest absolute Gasteiger partial charge is 0.481 e. The Bertz CT molecular complexity index is 1560. The number of nitrogens with zero attached hydrogens (tertiary/aromatic N) is 3. The number of rotatable bonds is 3. The highest BCUT2D eigenvalue weighted by molar-refractivity contribution is 7.15.